The molecule has 0 spiro atoms. The predicted molar refractivity (Wildman–Crippen MR) is 120 cm³/mol. The first kappa shape index (κ1) is 20.4. The minimum atomic E-state index is -0.315. The summed E-state index contributed by atoms with van der Waals surface area (Å²) in [6.45, 7) is 14.5. The average molecular weight is 393 g/mol. The monoisotopic (exact) mass is 392 g/mol. The fourth-order valence-corrected chi connectivity index (χ4v) is 6.00. The molecular weight excluding hydrogens is 356 g/mol. The molecule has 1 aromatic carbocycles. The predicted octanol–water partition coefficient (Wildman–Crippen LogP) is 5.66. The van der Waals surface area contributed by atoms with Crippen molar-refractivity contribution in [1.29, 1.82) is 0 Å². The second-order valence-electron chi connectivity index (χ2n) is 11.6. The van der Waals surface area contributed by atoms with Crippen LogP contribution in [0.1, 0.15) is 72.8 Å². The zero-order chi connectivity index (χ0) is 21.0. The van der Waals surface area contributed by atoms with Crippen LogP contribution in [0.15, 0.2) is 46.6 Å². The van der Waals surface area contributed by atoms with Gasteiger partial charge in [-0.3, -0.25) is 9.79 Å². The van der Waals surface area contributed by atoms with Crippen LogP contribution in [-0.2, 0) is 10.2 Å². The molecule has 0 bridgehead atoms. The molecule has 0 radical (unpaired) electrons. The van der Waals surface area contributed by atoms with E-state index < -0.39 is 0 Å². The van der Waals surface area contributed by atoms with Gasteiger partial charge in [0.2, 0.25) is 0 Å². The van der Waals surface area contributed by atoms with Crippen LogP contribution in [-0.4, -0.2) is 18.2 Å². The average Bonchev–Trinajstić information content (AvgIpc) is 2.60. The van der Waals surface area contributed by atoms with Crippen molar-refractivity contribution in [3.05, 3.63) is 47.2 Å². The topological polar surface area (TPSA) is 41.5 Å². The van der Waals surface area contributed by atoms with Crippen LogP contribution in [0, 0.1) is 22.7 Å². The third-order valence-corrected chi connectivity index (χ3v) is 7.06. The Hall–Kier alpha value is -1.90. The number of hydrogen-bond donors (Lipinski definition) is 1. The van der Waals surface area contributed by atoms with Crippen molar-refractivity contribution >= 4 is 11.6 Å². The summed E-state index contributed by atoms with van der Waals surface area (Å²) >= 11 is 0. The molecule has 4 rings (SSSR count). The standard InChI is InChI=1S/C26H36N2O/c1-24(2,3)13-17-12-19-23(27-16-17)28-20-14-25(4,5)15-21(29)22(20)26(19,6)18-10-8-7-9-11-18/h7-11,17,19H,12-16H2,1-6H3,(H,27,28)/t17?,19?,26-/m0/s1. The van der Waals surface area contributed by atoms with Crippen molar-refractivity contribution in [2.75, 3.05) is 6.54 Å². The van der Waals surface area contributed by atoms with E-state index in [1.54, 1.807) is 0 Å². The summed E-state index contributed by atoms with van der Waals surface area (Å²) in [6.07, 6.45) is 3.79. The van der Waals surface area contributed by atoms with Gasteiger partial charge in [-0.1, -0.05) is 71.9 Å². The second-order valence-corrected chi connectivity index (χ2v) is 11.6. The number of ketones is 1. The van der Waals surface area contributed by atoms with Crippen LogP contribution < -0.4 is 5.32 Å². The summed E-state index contributed by atoms with van der Waals surface area (Å²) in [7, 11) is 0. The van der Waals surface area contributed by atoms with E-state index in [0.29, 0.717) is 18.1 Å². The van der Waals surface area contributed by atoms with Gasteiger partial charge in [-0.25, -0.2) is 0 Å². The van der Waals surface area contributed by atoms with Crippen molar-refractivity contribution in [3.8, 4) is 0 Å². The number of nitrogens with zero attached hydrogens (tertiary/aromatic N) is 1. The Bertz CT molecular complexity index is 872. The first-order valence-electron chi connectivity index (χ1n) is 11.1. The van der Waals surface area contributed by atoms with Gasteiger partial charge in [0.25, 0.3) is 0 Å². The minimum absolute atomic E-state index is 0.00263. The highest BCUT2D eigenvalue weighted by Gasteiger charge is 2.53. The third kappa shape index (κ3) is 3.69. The van der Waals surface area contributed by atoms with Crippen molar-refractivity contribution in [2.24, 2.45) is 27.7 Å². The highest BCUT2D eigenvalue weighted by atomic mass is 16.1. The maximum atomic E-state index is 13.5. The highest BCUT2D eigenvalue weighted by molar-refractivity contribution is 6.04. The fraction of sp³-hybridized carbons (Fsp3) is 0.615. The zero-order valence-electron chi connectivity index (χ0n) is 18.9. The first-order valence-corrected chi connectivity index (χ1v) is 11.1. The lowest BCUT2D eigenvalue weighted by atomic mass is 9.56. The van der Waals surface area contributed by atoms with Gasteiger partial charge >= 0.3 is 0 Å². The highest BCUT2D eigenvalue weighted by Crippen LogP contribution is 2.52. The van der Waals surface area contributed by atoms with E-state index in [9.17, 15) is 4.79 Å². The SMILES string of the molecule is CC(C)(C)CC1CN=C2NC3=C(C(=O)CC(C)(C)C3)[C@@](C)(c3ccccc3)C2C1. The molecule has 3 heteroatoms. The van der Waals surface area contributed by atoms with Gasteiger partial charge in [0, 0.05) is 35.6 Å². The number of rotatable bonds is 2. The minimum Gasteiger partial charge on any atom is -0.347 e. The Labute approximate surface area is 176 Å². The van der Waals surface area contributed by atoms with Crippen molar-refractivity contribution < 1.29 is 4.79 Å². The van der Waals surface area contributed by atoms with Crippen molar-refractivity contribution in [3.63, 3.8) is 0 Å². The molecule has 3 aliphatic rings. The van der Waals surface area contributed by atoms with E-state index in [0.717, 1.165) is 42.9 Å². The zero-order valence-corrected chi connectivity index (χ0v) is 18.9. The van der Waals surface area contributed by atoms with Crippen LogP contribution in [0.4, 0.5) is 0 Å². The van der Waals surface area contributed by atoms with E-state index in [-0.39, 0.29) is 22.2 Å². The Morgan fingerprint density at radius 1 is 1.10 bits per heavy atom. The summed E-state index contributed by atoms with van der Waals surface area (Å²) in [4.78, 5) is 18.5. The Balaban J connectivity index is 1.83. The summed E-state index contributed by atoms with van der Waals surface area (Å²) in [5.41, 5.74) is 3.35. The molecular formula is C26H36N2O. The Kier molecular flexibility index (Phi) is 4.79. The fourth-order valence-electron chi connectivity index (χ4n) is 6.00. The summed E-state index contributed by atoms with van der Waals surface area (Å²) in [5, 5.41) is 3.66. The molecule has 1 aliphatic carbocycles. The quantitative estimate of drug-likeness (QED) is 0.705. The number of benzene rings is 1. The van der Waals surface area contributed by atoms with Gasteiger partial charge in [-0.05, 0) is 41.6 Å². The second kappa shape index (κ2) is 6.82. The normalized spacial score (nSPS) is 31.5. The lowest BCUT2D eigenvalue weighted by molar-refractivity contribution is -0.119. The molecule has 3 nitrogen and oxygen atoms in total. The Morgan fingerprint density at radius 2 is 1.79 bits per heavy atom. The molecule has 0 saturated heterocycles. The lowest BCUT2D eigenvalue weighted by Crippen LogP contribution is -2.56. The molecule has 0 fully saturated rings. The van der Waals surface area contributed by atoms with Crippen LogP contribution >= 0.6 is 0 Å². The number of Topliss-reactive ketones (excluding diaryl/α,β-unsaturated/α-hetero) is 1. The molecule has 2 heterocycles. The van der Waals surface area contributed by atoms with Crippen LogP contribution in [0.5, 0.6) is 0 Å². The van der Waals surface area contributed by atoms with Gasteiger partial charge in [0.15, 0.2) is 5.78 Å². The molecule has 3 atom stereocenters. The number of fused-ring (bicyclic) bond motifs is 1. The molecule has 0 saturated carbocycles. The van der Waals surface area contributed by atoms with Gasteiger partial charge in [0.1, 0.15) is 5.84 Å². The van der Waals surface area contributed by atoms with Crippen LogP contribution in [0.3, 0.4) is 0 Å². The summed E-state index contributed by atoms with van der Waals surface area (Å²) in [5.74, 6) is 2.21. The smallest absolute Gasteiger partial charge is 0.162 e. The number of allylic oxidation sites excluding steroid dienone is 2. The first-order chi connectivity index (χ1) is 13.5. The van der Waals surface area contributed by atoms with E-state index in [1.165, 1.54) is 5.56 Å². The molecule has 1 aromatic rings. The number of aliphatic imine (C=N–C) groups is 1. The van der Waals surface area contributed by atoms with E-state index in [4.69, 9.17) is 4.99 Å². The van der Waals surface area contributed by atoms with Gasteiger partial charge in [-0.2, -0.15) is 0 Å². The molecule has 2 aliphatic heterocycles. The molecule has 156 valence electrons. The molecule has 0 amide bonds. The van der Waals surface area contributed by atoms with Crippen LogP contribution in [0.2, 0.25) is 0 Å². The number of carbonyl (C=O) groups is 1. The number of amidine groups is 1. The van der Waals surface area contributed by atoms with Gasteiger partial charge in [-0.15, -0.1) is 0 Å². The number of carbonyl (C=O) groups excluding carboxylic acids is 1. The number of hydrogen-bond acceptors (Lipinski definition) is 3. The lowest BCUT2D eigenvalue weighted by Gasteiger charge is -2.51. The largest absolute Gasteiger partial charge is 0.347 e. The van der Waals surface area contributed by atoms with Gasteiger partial charge < -0.3 is 5.32 Å². The maximum absolute atomic E-state index is 13.5. The van der Waals surface area contributed by atoms with E-state index >= 15 is 0 Å². The molecule has 2 unspecified atom stereocenters. The molecule has 1 N–H and O–H groups in total. The van der Waals surface area contributed by atoms with E-state index in [1.807, 2.05) is 0 Å². The Morgan fingerprint density at radius 3 is 2.45 bits per heavy atom. The van der Waals surface area contributed by atoms with Crippen molar-refractivity contribution in [1.82, 2.24) is 5.32 Å². The molecule has 29 heavy (non-hydrogen) atoms. The summed E-state index contributed by atoms with van der Waals surface area (Å²) < 4.78 is 0. The number of nitrogens with one attached hydrogen (secondary N) is 1. The third-order valence-electron chi connectivity index (χ3n) is 7.06. The summed E-state index contributed by atoms with van der Waals surface area (Å²) in [6, 6.07) is 10.7. The maximum Gasteiger partial charge on any atom is 0.162 e. The van der Waals surface area contributed by atoms with Crippen LogP contribution in [0.25, 0.3) is 0 Å². The van der Waals surface area contributed by atoms with Gasteiger partial charge in [0.05, 0.1) is 0 Å². The van der Waals surface area contributed by atoms with Crippen molar-refractivity contribution in [2.45, 2.75) is 72.6 Å². The van der Waals surface area contributed by atoms with E-state index in [2.05, 4.69) is 77.2 Å². The molecule has 0 aromatic heterocycles.